The van der Waals surface area contributed by atoms with Crippen molar-refractivity contribution in [3.05, 3.63) is 71.3 Å². The highest BCUT2D eigenvalue weighted by atomic mass is 16.5. The summed E-state index contributed by atoms with van der Waals surface area (Å²) in [7, 11) is 1.55. The van der Waals surface area contributed by atoms with E-state index in [0.717, 1.165) is 24.0 Å². The van der Waals surface area contributed by atoms with Gasteiger partial charge >= 0.3 is 0 Å². The summed E-state index contributed by atoms with van der Waals surface area (Å²) >= 11 is 0. The highest BCUT2D eigenvalue weighted by Gasteiger charge is 2.37. The number of aryl methyl sites for hydroxylation is 1. The van der Waals surface area contributed by atoms with Gasteiger partial charge in [-0.1, -0.05) is 54.6 Å². The molecule has 27 heavy (non-hydrogen) atoms. The van der Waals surface area contributed by atoms with Crippen molar-refractivity contribution in [3.63, 3.8) is 0 Å². The fourth-order valence-electron chi connectivity index (χ4n) is 3.82. The molecule has 1 aliphatic rings. The molecule has 0 saturated heterocycles. The van der Waals surface area contributed by atoms with Gasteiger partial charge in [0, 0.05) is 20.6 Å². The Labute approximate surface area is 160 Å². The molecule has 142 valence electrons. The molecular weight excluding hydrogens is 340 g/mol. The van der Waals surface area contributed by atoms with E-state index in [1.807, 2.05) is 42.5 Å². The lowest BCUT2D eigenvalue weighted by atomic mass is 10.0. The molecule has 2 atom stereocenters. The van der Waals surface area contributed by atoms with Gasteiger partial charge in [-0.05, 0) is 29.5 Å². The molecule has 0 spiro atoms. The highest BCUT2D eigenvalue weighted by molar-refractivity contribution is 5.87. The molecule has 1 N–H and O–H groups in total. The summed E-state index contributed by atoms with van der Waals surface area (Å²) in [6.45, 7) is 2.11. The SMILES string of the molecule is COC[C@H](C(=O)NCc1ccccc1)N(C(C)=O)[C@H]1CCc2ccccc21. The second-order valence-electron chi connectivity index (χ2n) is 6.85. The average molecular weight is 366 g/mol. The summed E-state index contributed by atoms with van der Waals surface area (Å²) in [6, 6.07) is 17.1. The third kappa shape index (κ3) is 4.37. The van der Waals surface area contributed by atoms with Crippen molar-refractivity contribution in [2.75, 3.05) is 13.7 Å². The van der Waals surface area contributed by atoms with Crippen LogP contribution < -0.4 is 5.32 Å². The van der Waals surface area contributed by atoms with Crippen LogP contribution in [0.25, 0.3) is 0 Å². The molecule has 2 aromatic carbocycles. The van der Waals surface area contributed by atoms with Crippen LogP contribution >= 0.6 is 0 Å². The lowest BCUT2D eigenvalue weighted by Gasteiger charge is -2.35. The molecule has 1 aliphatic carbocycles. The van der Waals surface area contributed by atoms with Crippen LogP contribution in [0.3, 0.4) is 0 Å². The summed E-state index contributed by atoms with van der Waals surface area (Å²) < 4.78 is 5.30. The maximum absolute atomic E-state index is 12.9. The van der Waals surface area contributed by atoms with Gasteiger partial charge in [-0.2, -0.15) is 0 Å². The smallest absolute Gasteiger partial charge is 0.245 e. The van der Waals surface area contributed by atoms with Gasteiger partial charge in [0.15, 0.2) is 0 Å². The van der Waals surface area contributed by atoms with E-state index in [1.54, 1.807) is 12.0 Å². The van der Waals surface area contributed by atoms with Gasteiger partial charge < -0.3 is 15.0 Å². The maximum Gasteiger partial charge on any atom is 0.245 e. The Morgan fingerprint density at radius 2 is 1.85 bits per heavy atom. The number of rotatable bonds is 7. The second-order valence-corrected chi connectivity index (χ2v) is 6.85. The minimum atomic E-state index is -0.660. The number of fused-ring (bicyclic) bond motifs is 1. The molecule has 0 aromatic heterocycles. The van der Waals surface area contributed by atoms with Gasteiger partial charge in [-0.25, -0.2) is 0 Å². The molecule has 3 rings (SSSR count). The van der Waals surface area contributed by atoms with Gasteiger partial charge in [-0.3, -0.25) is 9.59 Å². The first-order chi connectivity index (χ1) is 13.1. The van der Waals surface area contributed by atoms with Gasteiger partial charge in [0.25, 0.3) is 0 Å². The molecule has 2 amide bonds. The van der Waals surface area contributed by atoms with Crippen LogP contribution in [0, 0.1) is 0 Å². The molecule has 5 nitrogen and oxygen atoms in total. The van der Waals surface area contributed by atoms with Crippen LogP contribution in [0.5, 0.6) is 0 Å². The summed E-state index contributed by atoms with van der Waals surface area (Å²) in [4.78, 5) is 27.2. The molecule has 0 fully saturated rings. The maximum atomic E-state index is 12.9. The first-order valence-electron chi connectivity index (χ1n) is 9.29. The Morgan fingerprint density at radius 3 is 2.56 bits per heavy atom. The van der Waals surface area contributed by atoms with Gasteiger partial charge in [0.2, 0.25) is 11.8 Å². The Bertz CT molecular complexity index is 791. The lowest BCUT2D eigenvalue weighted by Crippen LogP contribution is -2.52. The fraction of sp³-hybridized carbons (Fsp3) is 0.364. The van der Waals surface area contributed by atoms with Crippen LogP contribution in [-0.2, 0) is 27.3 Å². The molecule has 0 aliphatic heterocycles. The number of carbonyl (C=O) groups is 2. The fourth-order valence-corrected chi connectivity index (χ4v) is 3.82. The van der Waals surface area contributed by atoms with Crippen LogP contribution in [0.2, 0.25) is 0 Å². The number of carbonyl (C=O) groups excluding carboxylic acids is 2. The van der Waals surface area contributed by atoms with Crippen molar-refractivity contribution in [3.8, 4) is 0 Å². The van der Waals surface area contributed by atoms with E-state index in [1.165, 1.54) is 12.5 Å². The van der Waals surface area contributed by atoms with Crippen molar-refractivity contribution >= 4 is 11.8 Å². The number of benzene rings is 2. The predicted molar refractivity (Wildman–Crippen MR) is 104 cm³/mol. The van der Waals surface area contributed by atoms with Crippen LogP contribution in [-0.4, -0.2) is 36.5 Å². The first-order valence-corrected chi connectivity index (χ1v) is 9.29. The zero-order chi connectivity index (χ0) is 19.2. The summed E-state index contributed by atoms with van der Waals surface area (Å²) in [5.41, 5.74) is 3.39. The third-order valence-corrected chi connectivity index (χ3v) is 5.07. The molecule has 0 unspecified atom stereocenters. The molecule has 5 heteroatoms. The summed E-state index contributed by atoms with van der Waals surface area (Å²) in [5, 5.41) is 2.95. The van der Waals surface area contributed by atoms with Crippen molar-refractivity contribution < 1.29 is 14.3 Å². The number of methoxy groups -OCH3 is 1. The molecule has 0 saturated carbocycles. The summed E-state index contributed by atoms with van der Waals surface area (Å²) in [5.74, 6) is -0.311. The zero-order valence-electron chi connectivity index (χ0n) is 15.9. The number of ether oxygens (including phenoxy) is 1. The molecule has 0 bridgehead atoms. The molecule has 2 aromatic rings. The monoisotopic (exact) mass is 366 g/mol. The lowest BCUT2D eigenvalue weighted by molar-refractivity contribution is -0.144. The first kappa shape index (κ1) is 19.1. The Kier molecular flexibility index (Phi) is 6.24. The number of hydrogen-bond donors (Lipinski definition) is 1. The quantitative estimate of drug-likeness (QED) is 0.820. The third-order valence-electron chi connectivity index (χ3n) is 5.07. The Hall–Kier alpha value is -2.66. The average Bonchev–Trinajstić information content (AvgIpc) is 3.10. The van der Waals surface area contributed by atoms with E-state index < -0.39 is 6.04 Å². The van der Waals surface area contributed by atoms with Crippen LogP contribution in [0.15, 0.2) is 54.6 Å². The Morgan fingerprint density at radius 1 is 1.15 bits per heavy atom. The topological polar surface area (TPSA) is 58.6 Å². The molecule has 0 radical (unpaired) electrons. The molecule has 0 heterocycles. The number of hydrogen-bond acceptors (Lipinski definition) is 3. The van der Waals surface area contributed by atoms with Crippen LogP contribution in [0.4, 0.5) is 0 Å². The van der Waals surface area contributed by atoms with Crippen LogP contribution in [0.1, 0.15) is 36.1 Å². The van der Waals surface area contributed by atoms with Crippen molar-refractivity contribution in [2.45, 2.75) is 38.4 Å². The van der Waals surface area contributed by atoms with E-state index >= 15 is 0 Å². The summed E-state index contributed by atoms with van der Waals surface area (Å²) in [6.07, 6.45) is 1.74. The molecular formula is C22H26N2O3. The number of amides is 2. The zero-order valence-corrected chi connectivity index (χ0v) is 15.9. The van der Waals surface area contributed by atoms with Crippen molar-refractivity contribution in [1.82, 2.24) is 10.2 Å². The minimum Gasteiger partial charge on any atom is -0.382 e. The predicted octanol–water partition coefficient (Wildman–Crippen LogP) is 2.85. The van der Waals surface area contributed by atoms with E-state index in [4.69, 9.17) is 4.74 Å². The second kappa shape index (κ2) is 8.82. The minimum absolute atomic E-state index is 0.0960. The van der Waals surface area contributed by atoms with E-state index in [9.17, 15) is 9.59 Å². The largest absolute Gasteiger partial charge is 0.382 e. The standard InChI is InChI=1S/C22H26N2O3/c1-16(25)24(20-13-12-18-10-6-7-11-19(18)20)21(15-27-2)22(26)23-14-17-8-4-3-5-9-17/h3-11,20-21H,12-15H2,1-2H3,(H,23,26)/t20-,21+/m0/s1. The van der Waals surface area contributed by atoms with E-state index in [0.29, 0.717) is 6.54 Å². The Balaban J connectivity index is 1.80. The number of nitrogens with zero attached hydrogens (tertiary/aromatic N) is 1. The van der Waals surface area contributed by atoms with E-state index in [2.05, 4.69) is 17.4 Å². The number of nitrogens with one attached hydrogen (secondary N) is 1. The van der Waals surface area contributed by atoms with Gasteiger partial charge in [-0.15, -0.1) is 0 Å². The highest BCUT2D eigenvalue weighted by Crippen LogP contribution is 2.36. The van der Waals surface area contributed by atoms with Gasteiger partial charge in [0.1, 0.15) is 6.04 Å². The van der Waals surface area contributed by atoms with Crippen molar-refractivity contribution in [2.24, 2.45) is 0 Å². The van der Waals surface area contributed by atoms with E-state index in [-0.39, 0.29) is 24.5 Å². The van der Waals surface area contributed by atoms with Crippen molar-refractivity contribution in [1.29, 1.82) is 0 Å². The van der Waals surface area contributed by atoms with Gasteiger partial charge in [0.05, 0.1) is 12.6 Å². The normalized spacial score (nSPS) is 16.4.